The maximum absolute atomic E-state index is 6.02. The number of likely N-dealkylation sites (N-methyl/N-ethyl adjacent to an activating group) is 1. The molecule has 0 bridgehead atoms. The van der Waals surface area contributed by atoms with Crippen molar-refractivity contribution < 1.29 is 4.74 Å². The molecule has 0 radical (unpaired) electrons. The van der Waals surface area contributed by atoms with E-state index in [2.05, 4.69) is 63.9 Å². The average Bonchev–Trinajstić information content (AvgIpc) is 2.39. The second-order valence-corrected chi connectivity index (χ2v) is 6.63. The molecule has 0 aliphatic rings. The van der Waals surface area contributed by atoms with Crippen LogP contribution < -0.4 is 5.73 Å². The van der Waals surface area contributed by atoms with E-state index < -0.39 is 0 Å². The van der Waals surface area contributed by atoms with Crippen molar-refractivity contribution in [3.8, 4) is 0 Å². The average molecular weight is 278 g/mol. The third-order valence-electron chi connectivity index (χ3n) is 4.25. The van der Waals surface area contributed by atoms with E-state index in [4.69, 9.17) is 10.5 Å². The molecule has 0 aliphatic carbocycles. The van der Waals surface area contributed by atoms with Gasteiger partial charge in [0.2, 0.25) is 0 Å². The van der Waals surface area contributed by atoms with Crippen LogP contribution in [0.5, 0.6) is 0 Å². The van der Waals surface area contributed by atoms with Gasteiger partial charge < -0.3 is 10.5 Å². The second-order valence-electron chi connectivity index (χ2n) is 6.63. The van der Waals surface area contributed by atoms with E-state index in [0.29, 0.717) is 19.2 Å². The molecule has 0 amide bonds. The largest absolute Gasteiger partial charge is 0.380 e. The van der Waals surface area contributed by atoms with Gasteiger partial charge in [-0.1, -0.05) is 45.0 Å². The van der Waals surface area contributed by atoms with Gasteiger partial charge >= 0.3 is 0 Å². The summed E-state index contributed by atoms with van der Waals surface area (Å²) in [4.78, 5) is 2.38. The van der Waals surface area contributed by atoms with Gasteiger partial charge in [0.1, 0.15) is 0 Å². The third kappa shape index (κ3) is 4.30. The predicted molar refractivity (Wildman–Crippen MR) is 85.6 cm³/mol. The number of nitrogens with zero attached hydrogens (tertiary/aromatic N) is 1. The van der Waals surface area contributed by atoms with Gasteiger partial charge in [-0.05, 0) is 30.5 Å². The van der Waals surface area contributed by atoms with Crippen molar-refractivity contribution in [1.29, 1.82) is 0 Å². The van der Waals surface area contributed by atoms with E-state index >= 15 is 0 Å². The first kappa shape index (κ1) is 17.2. The standard InChI is InChI=1S/C17H30N2O/c1-13(17(2,3)4)19(5)16(11-18)15-9-7-14(8-10-15)12-20-6/h7-10,13,16H,11-12,18H2,1-6H3. The van der Waals surface area contributed by atoms with Crippen molar-refractivity contribution in [2.75, 3.05) is 20.7 Å². The van der Waals surface area contributed by atoms with Gasteiger partial charge in [0, 0.05) is 25.7 Å². The molecule has 3 nitrogen and oxygen atoms in total. The summed E-state index contributed by atoms with van der Waals surface area (Å²) in [6, 6.07) is 9.28. The Labute approximate surface area is 124 Å². The Morgan fingerprint density at radius 3 is 2.15 bits per heavy atom. The zero-order chi connectivity index (χ0) is 15.3. The summed E-state index contributed by atoms with van der Waals surface area (Å²) in [5.74, 6) is 0. The van der Waals surface area contributed by atoms with Gasteiger partial charge in [0.05, 0.1) is 6.61 Å². The summed E-state index contributed by atoms with van der Waals surface area (Å²) in [5.41, 5.74) is 8.71. The van der Waals surface area contributed by atoms with Gasteiger partial charge in [-0.25, -0.2) is 0 Å². The molecule has 0 heterocycles. The minimum Gasteiger partial charge on any atom is -0.380 e. The highest BCUT2D eigenvalue weighted by atomic mass is 16.5. The molecular weight excluding hydrogens is 248 g/mol. The highest BCUT2D eigenvalue weighted by Gasteiger charge is 2.28. The molecule has 2 N–H and O–H groups in total. The van der Waals surface area contributed by atoms with Crippen molar-refractivity contribution in [3.05, 3.63) is 35.4 Å². The van der Waals surface area contributed by atoms with Crippen LogP contribution in [0.4, 0.5) is 0 Å². The molecule has 114 valence electrons. The van der Waals surface area contributed by atoms with Gasteiger partial charge in [-0.3, -0.25) is 4.90 Å². The maximum atomic E-state index is 6.02. The van der Waals surface area contributed by atoms with E-state index in [1.165, 1.54) is 11.1 Å². The molecule has 3 heteroatoms. The van der Waals surface area contributed by atoms with Crippen molar-refractivity contribution in [2.24, 2.45) is 11.1 Å². The SMILES string of the molecule is COCc1ccc(C(CN)N(C)C(C)C(C)(C)C)cc1. The van der Waals surface area contributed by atoms with Crippen LogP contribution in [0.3, 0.4) is 0 Å². The normalized spacial score (nSPS) is 15.4. The topological polar surface area (TPSA) is 38.5 Å². The first-order valence-corrected chi connectivity index (χ1v) is 7.31. The minimum atomic E-state index is 0.234. The molecule has 0 aliphatic heterocycles. The van der Waals surface area contributed by atoms with E-state index in [-0.39, 0.29) is 11.5 Å². The highest BCUT2D eigenvalue weighted by molar-refractivity contribution is 5.25. The van der Waals surface area contributed by atoms with E-state index in [1.807, 2.05) is 0 Å². The molecule has 0 saturated carbocycles. The Kier molecular flexibility index (Phi) is 6.18. The van der Waals surface area contributed by atoms with Gasteiger partial charge in [-0.15, -0.1) is 0 Å². The highest BCUT2D eigenvalue weighted by Crippen LogP contribution is 2.29. The number of hydrogen-bond donors (Lipinski definition) is 1. The molecule has 20 heavy (non-hydrogen) atoms. The molecule has 0 spiro atoms. The number of hydrogen-bond acceptors (Lipinski definition) is 3. The van der Waals surface area contributed by atoms with Crippen molar-refractivity contribution in [2.45, 2.75) is 46.4 Å². The predicted octanol–water partition coefficient (Wildman–Crippen LogP) is 3.20. The summed E-state index contributed by atoms with van der Waals surface area (Å²) >= 11 is 0. The van der Waals surface area contributed by atoms with Crippen LogP contribution in [-0.2, 0) is 11.3 Å². The Bertz CT molecular complexity index is 394. The van der Waals surface area contributed by atoms with Crippen LogP contribution in [0, 0.1) is 5.41 Å². The lowest BCUT2D eigenvalue weighted by Gasteiger charge is -2.40. The first-order chi connectivity index (χ1) is 9.31. The Morgan fingerprint density at radius 1 is 1.20 bits per heavy atom. The molecule has 1 aromatic carbocycles. The van der Waals surface area contributed by atoms with Crippen LogP contribution in [0.1, 0.15) is 44.9 Å². The minimum absolute atomic E-state index is 0.234. The molecule has 0 saturated heterocycles. The molecule has 0 fully saturated rings. The Hall–Kier alpha value is -0.900. The fourth-order valence-corrected chi connectivity index (χ4v) is 2.42. The quantitative estimate of drug-likeness (QED) is 0.868. The molecule has 0 aromatic heterocycles. The van der Waals surface area contributed by atoms with Crippen LogP contribution in [0.2, 0.25) is 0 Å². The first-order valence-electron chi connectivity index (χ1n) is 7.31. The van der Waals surface area contributed by atoms with Crippen LogP contribution in [0.15, 0.2) is 24.3 Å². The van der Waals surface area contributed by atoms with Crippen LogP contribution in [0.25, 0.3) is 0 Å². The lowest BCUT2D eigenvalue weighted by Crippen LogP contribution is -2.43. The Morgan fingerprint density at radius 2 is 1.75 bits per heavy atom. The van der Waals surface area contributed by atoms with Crippen molar-refractivity contribution in [1.82, 2.24) is 4.90 Å². The fraction of sp³-hybridized carbons (Fsp3) is 0.647. The summed E-state index contributed by atoms with van der Waals surface area (Å²) in [6.07, 6.45) is 0. The monoisotopic (exact) mass is 278 g/mol. The van der Waals surface area contributed by atoms with E-state index in [9.17, 15) is 0 Å². The van der Waals surface area contributed by atoms with Crippen molar-refractivity contribution in [3.63, 3.8) is 0 Å². The maximum Gasteiger partial charge on any atom is 0.0713 e. The smallest absolute Gasteiger partial charge is 0.0713 e. The Balaban J connectivity index is 2.89. The zero-order valence-electron chi connectivity index (χ0n) is 13.8. The molecule has 2 atom stereocenters. The lowest BCUT2D eigenvalue weighted by atomic mass is 9.86. The number of rotatable bonds is 6. The van der Waals surface area contributed by atoms with E-state index in [0.717, 1.165) is 0 Å². The molecule has 2 unspecified atom stereocenters. The number of nitrogens with two attached hydrogens (primary N) is 1. The van der Waals surface area contributed by atoms with Crippen molar-refractivity contribution >= 4 is 0 Å². The van der Waals surface area contributed by atoms with E-state index in [1.54, 1.807) is 7.11 Å². The summed E-state index contributed by atoms with van der Waals surface area (Å²) in [6.45, 7) is 10.3. The summed E-state index contributed by atoms with van der Waals surface area (Å²) in [5, 5.41) is 0. The van der Waals surface area contributed by atoms with Gasteiger partial charge in [-0.2, -0.15) is 0 Å². The summed E-state index contributed by atoms with van der Waals surface area (Å²) in [7, 11) is 3.88. The van der Waals surface area contributed by atoms with Crippen LogP contribution in [-0.4, -0.2) is 31.6 Å². The fourth-order valence-electron chi connectivity index (χ4n) is 2.42. The number of ether oxygens (including phenoxy) is 1. The molecule has 1 rings (SSSR count). The molecular formula is C17H30N2O. The van der Waals surface area contributed by atoms with Crippen LogP contribution >= 0.6 is 0 Å². The lowest BCUT2D eigenvalue weighted by molar-refractivity contribution is 0.100. The zero-order valence-corrected chi connectivity index (χ0v) is 13.8. The molecule has 1 aromatic rings. The van der Waals surface area contributed by atoms with Gasteiger partial charge in [0.15, 0.2) is 0 Å². The second kappa shape index (κ2) is 7.21. The third-order valence-corrected chi connectivity index (χ3v) is 4.25. The van der Waals surface area contributed by atoms with Gasteiger partial charge in [0.25, 0.3) is 0 Å². The summed E-state index contributed by atoms with van der Waals surface area (Å²) < 4.78 is 5.15. The number of benzene rings is 1. The number of methoxy groups -OCH3 is 1.